The fourth-order valence-electron chi connectivity index (χ4n) is 3.03. The van der Waals surface area contributed by atoms with Crippen LogP contribution in [0, 0.1) is 5.82 Å². The van der Waals surface area contributed by atoms with Crippen molar-refractivity contribution in [3.63, 3.8) is 0 Å². The van der Waals surface area contributed by atoms with E-state index in [0.717, 1.165) is 24.0 Å². The summed E-state index contributed by atoms with van der Waals surface area (Å²) >= 11 is 0. The lowest BCUT2D eigenvalue weighted by Crippen LogP contribution is -2.46. The molecule has 1 atom stereocenters. The summed E-state index contributed by atoms with van der Waals surface area (Å²) in [5.74, 6) is -0.277. The first-order valence-electron chi connectivity index (χ1n) is 8.93. The van der Waals surface area contributed by atoms with Gasteiger partial charge in [-0.05, 0) is 49.1 Å². The number of carbonyl (C=O) groups excluding carboxylic acids is 1. The van der Waals surface area contributed by atoms with Crippen LogP contribution in [-0.4, -0.2) is 35.1 Å². The highest BCUT2D eigenvalue weighted by atomic mass is 19.1. The number of pyridine rings is 1. The quantitative estimate of drug-likeness (QED) is 0.888. The van der Waals surface area contributed by atoms with Crippen molar-refractivity contribution in [1.82, 2.24) is 15.2 Å². The maximum absolute atomic E-state index is 13.0. The van der Waals surface area contributed by atoms with Gasteiger partial charge < -0.3 is 15.0 Å². The van der Waals surface area contributed by atoms with Crippen LogP contribution in [0.5, 0.6) is 0 Å². The summed E-state index contributed by atoms with van der Waals surface area (Å²) < 4.78 is 18.9. The molecular weight excluding hydrogens is 333 g/mol. The Bertz CT molecular complexity index is 701. The van der Waals surface area contributed by atoms with E-state index in [0.29, 0.717) is 19.7 Å². The van der Waals surface area contributed by atoms with Gasteiger partial charge in [0.1, 0.15) is 5.82 Å². The predicted molar refractivity (Wildman–Crippen MR) is 97.0 cm³/mol. The maximum atomic E-state index is 13.0. The first kappa shape index (κ1) is 18.3. The van der Waals surface area contributed by atoms with Gasteiger partial charge in [-0.2, -0.15) is 0 Å². The van der Waals surface area contributed by atoms with E-state index in [-0.39, 0.29) is 24.0 Å². The number of hydrogen-bond donors (Lipinski definition) is 1. The van der Waals surface area contributed by atoms with Gasteiger partial charge in [0.25, 0.3) is 0 Å². The van der Waals surface area contributed by atoms with Crippen LogP contribution in [0.2, 0.25) is 0 Å². The number of nitrogens with one attached hydrogen (secondary N) is 1. The topological polar surface area (TPSA) is 54.5 Å². The lowest BCUT2D eigenvalue weighted by Gasteiger charge is -2.32. The van der Waals surface area contributed by atoms with E-state index in [9.17, 15) is 9.18 Å². The number of ether oxygens (including phenoxy) is 1. The first-order valence-corrected chi connectivity index (χ1v) is 8.93. The van der Waals surface area contributed by atoms with E-state index in [1.54, 1.807) is 24.5 Å². The number of halogens is 1. The van der Waals surface area contributed by atoms with Gasteiger partial charge in [0.05, 0.1) is 18.8 Å². The number of rotatable bonds is 5. The summed E-state index contributed by atoms with van der Waals surface area (Å²) in [6, 6.07) is 9.83. The van der Waals surface area contributed by atoms with Crippen molar-refractivity contribution in [2.75, 3.05) is 13.1 Å². The number of nitrogens with zero attached hydrogens (tertiary/aromatic N) is 2. The van der Waals surface area contributed by atoms with Crippen molar-refractivity contribution in [3.05, 3.63) is 65.7 Å². The highest BCUT2D eigenvalue weighted by Gasteiger charge is 2.24. The molecule has 1 aliphatic heterocycles. The molecule has 1 aliphatic rings. The van der Waals surface area contributed by atoms with E-state index >= 15 is 0 Å². The maximum Gasteiger partial charge on any atom is 0.317 e. The highest BCUT2D eigenvalue weighted by Crippen LogP contribution is 2.17. The Morgan fingerprint density at radius 2 is 2.04 bits per heavy atom. The Kier molecular flexibility index (Phi) is 6.17. The lowest BCUT2D eigenvalue weighted by atomic mass is 10.1. The third-order valence-corrected chi connectivity index (χ3v) is 4.65. The number of likely N-dealkylation sites (tertiary alicyclic amines) is 1. The Balaban J connectivity index is 1.42. The number of benzene rings is 1. The number of piperidine rings is 1. The zero-order valence-electron chi connectivity index (χ0n) is 14.9. The van der Waals surface area contributed by atoms with E-state index in [2.05, 4.69) is 10.3 Å². The summed E-state index contributed by atoms with van der Waals surface area (Å²) in [6.45, 7) is 3.78. The van der Waals surface area contributed by atoms with Crippen LogP contribution >= 0.6 is 0 Å². The fraction of sp³-hybridized carbons (Fsp3) is 0.400. The second kappa shape index (κ2) is 8.76. The van der Waals surface area contributed by atoms with Gasteiger partial charge >= 0.3 is 6.03 Å². The largest absolute Gasteiger partial charge is 0.373 e. The lowest BCUT2D eigenvalue weighted by molar-refractivity contribution is 0.00421. The number of carbonyl (C=O) groups is 1. The molecule has 2 heterocycles. The number of urea groups is 1. The predicted octanol–water partition coefficient (Wildman–Crippen LogP) is 3.67. The van der Waals surface area contributed by atoms with Gasteiger partial charge in [0.2, 0.25) is 0 Å². The average Bonchev–Trinajstić information content (AvgIpc) is 2.68. The third kappa shape index (κ3) is 5.02. The van der Waals surface area contributed by atoms with E-state index < -0.39 is 0 Å². The van der Waals surface area contributed by atoms with Crippen molar-refractivity contribution in [2.24, 2.45) is 0 Å². The molecule has 0 unspecified atom stereocenters. The van der Waals surface area contributed by atoms with Gasteiger partial charge in [0, 0.05) is 25.5 Å². The van der Waals surface area contributed by atoms with E-state index in [4.69, 9.17) is 4.74 Å². The average molecular weight is 357 g/mol. The summed E-state index contributed by atoms with van der Waals surface area (Å²) in [6.07, 6.45) is 5.35. The van der Waals surface area contributed by atoms with Gasteiger partial charge in [-0.25, -0.2) is 9.18 Å². The van der Waals surface area contributed by atoms with Crippen molar-refractivity contribution >= 4 is 6.03 Å². The molecule has 0 bridgehead atoms. The monoisotopic (exact) mass is 357 g/mol. The molecule has 1 aromatic heterocycles. The number of amides is 2. The zero-order valence-corrected chi connectivity index (χ0v) is 14.9. The minimum atomic E-state index is -0.277. The van der Waals surface area contributed by atoms with Crippen molar-refractivity contribution in [1.29, 1.82) is 0 Å². The minimum Gasteiger partial charge on any atom is -0.373 e. The van der Waals surface area contributed by atoms with Crippen LogP contribution in [0.1, 0.15) is 36.9 Å². The second-order valence-corrected chi connectivity index (χ2v) is 6.58. The third-order valence-electron chi connectivity index (χ3n) is 4.65. The Labute approximate surface area is 153 Å². The minimum absolute atomic E-state index is 0.0902. The normalized spacial score (nSPS) is 16.3. The molecule has 2 amide bonds. The van der Waals surface area contributed by atoms with Crippen LogP contribution in [0.4, 0.5) is 9.18 Å². The molecule has 138 valence electrons. The zero-order chi connectivity index (χ0) is 18.4. The van der Waals surface area contributed by atoms with Crippen molar-refractivity contribution in [3.8, 4) is 0 Å². The molecule has 1 fully saturated rings. The number of hydrogen-bond acceptors (Lipinski definition) is 3. The Morgan fingerprint density at radius 3 is 2.69 bits per heavy atom. The van der Waals surface area contributed by atoms with E-state index in [1.165, 1.54) is 12.1 Å². The molecule has 26 heavy (non-hydrogen) atoms. The van der Waals surface area contributed by atoms with Crippen LogP contribution in [-0.2, 0) is 11.3 Å². The summed E-state index contributed by atoms with van der Waals surface area (Å²) in [7, 11) is 0. The Hall–Kier alpha value is -2.47. The molecule has 6 heteroatoms. The van der Waals surface area contributed by atoms with Crippen LogP contribution in [0.25, 0.3) is 0 Å². The second-order valence-electron chi connectivity index (χ2n) is 6.58. The molecule has 0 spiro atoms. The molecule has 0 saturated carbocycles. The van der Waals surface area contributed by atoms with Gasteiger partial charge in [0.15, 0.2) is 0 Å². The molecule has 1 saturated heterocycles. The highest BCUT2D eigenvalue weighted by molar-refractivity contribution is 5.74. The molecule has 5 nitrogen and oxygen atoms in total. The summed E-state index contributed by atoms with van der Waals surface area (Å²) in [5, 5.41) is 2.97. The van der Waals surface area contributed by atoms with Gasteiger partial charge in [-0.15, -0.1) is 0 Å². The smallest absolute Gasteiger partial charge is 0.317 e. The standard InChI is InChI=1S/C20H24FN3O2/c1-15(17-4-6-18(21)7-5-17)23-20(25)24-11-8-19(9-12-24)26-14-16-3-2-10-22-13-16/h2-7,10,13,15,19H,8-9,11-12,14H2,1H3,(H,23,25)/t15-/m1/s1. The summed E-state index contributed by atoms with van der Waals surface area (Å²) in [4.78, 5) is 18.3. The molecule has 0 aliphatic carbocycles. The molecular formula is C20H24FN3O2. The number of aromatic nitrogens is 1. The van der Waals surface area contributed by atoms with Crippen LogP contribution in [0.3, 0.4) is 0 Å². The van der Waals surface area contributed by atoms with Crippen LogP contribution in [0.15, 0.2) is 48.8 Å². The molecule has 2 aromatic rings. The Morgan fingerprint density at radius 1 is 1.31 bits per heavy atom. The molecule has 1 N–H and O–H groups in total. The SMILES string of the molecule is C[C@@H](NC(=O)N1CCC(OCc2cccnc2)CC1)c1ccc(F)cc1. The molecule has 3 rings (SSSR count). The summed E-state index contributed by atoms with van der Waals surface area (Å²) in [5.41, 5.74) is 1.94. The van der Waals surface area contributed by atoms with E-state index in [1.807, 2.05) is 24.0 Å². The van der Waals surface area contributed by atoms with Crippen molar-refractivity contribution < 1.29 is 13.9 Å². The van der Waals surface area contributed by atoms with Crippen molar-refractivity contribution in [2.45, 2.75) is 38.5 Å². The van der Waals surface area contributed by atoms with Crippen LogP contribution < -0.4 is 5.32 Å². The molecule has 0 radical (unpaired) electrons. The molecule has 1 aromatic carbocycles. The fourth-order valence-corrected chi connectivity index (χ4v) is 3.03. The first-order chi connectivity index (χ1) is 12.6. The van der Waals surface area contributed by atoms with Gasteiger partial charge in [-0.1, -0.05) is 18.2 Å². The van der Waals surface area contributed by atoms with Gasteiger partial charge in [-0.3, -0.25) is 4.98 Å².